The van der Waals surface area contributed by atoms with E-state index < -0.39 is 0 Å². The molecule has 0 bridgehead atoms. The molecule has 4 aromatic rings. The van der Waals surface area contributed by atoms with Crippen molar-refractivity contribution in [2.24, 2.45) is 0 Å². The number of para-hydroxylation sites is 1. The van der Waals surface area contributed by atoms with Gasteiger partial charge in [0.1, 0.15) is 11.5 Å². The summed E-state index contributed by atoms with van der Waals surface area (Å²) in [6.07, 6.45) is 3.90. The number of methoxy groups -OCH3 is 1. The quantitative estimate of drug-likeness (QED) is 0.364. The molecule has 0 spiro atoms. The van der Waals surface area contributed by atoms with E-state index >= 15 is 0 Å². The summed E-state index contributed by atoms with van der Waals surface area (Å²) in [5, 5.41) is 8.41. The van der Waals surface area contributed by atoms with E-state index in [4.69, 9.17) is 21.1 Å². The number of aryl methyl sites for hydroxylation is 1. The Labute approximate surface area is 191 Å². The molecule has 0 amide bonds. The number of rotatable bonds is 7. The zero-order chi connectivity index (χ0) is 22.1. The average Bonchev–Trinajstić information content (AvgIpc) is 3.57. The zero-order valence-electron chi connectivity index (χ0n) is 17.7. The summed E-state index contributed by atoms with van der Waals surface area (Å²) >= 11 is 6.25. The second kappa shape index (κ2) is 8.51. The third-order valence-electron chi connectivity index (χ3n) is 5.20. The second-order valence-corrected chi connectivity index (χ2v) is 8.06. The lowest BCUT2D eigenvalue weighted by molar-refractivity contribution is 0.398. The van der Waals surface area contributed by atoms with Crippen molar-refractivity contribution < 1.29 is 9.47 Å². The van der Waals surface area contributed by atoms with Gasteiger partial charge >= 0.3 is 6.01 Å². The summed E-state index contributed by atoms with van der Waals surface area (Å²) in [7, 11) is 1.66. The Hall–Kier alpha value is -3.58. The van der Waals surface area contributed by atoms with Crippen molar-refractivity contribution in [3.63, 3.8) is 0 Å². The van der Waals surface area contributed by atoms with E-state index in [0.717, 1.165) is 41.1 Å². The van der Waals surface area contributed by atoms with Crippen molar-refractivity contribution in [2.45, 2.75) is 25.8 Å². The van der Waals surface area contributed by atoms with Crippen molar-refractivity contribution in [1.82, 2.24) is 19.7 Å². The van der Waals surface area contributed by atoms with Gasteiger partial charge < -0.3 is 14.8 Å². The molecule has 1 N–H and O–H groups in total. The lowest BCUT2D eigenvalue weighted by atomic mass is 10.0. The van der Waals surface area contributed by atoms with Gasteiger partial charge in [-0.25, -0.2) is 4.68 Å². The summed E-state index contributed by atoms with van der Waals surface area (Å²) in [6, 6.07) is 17.9. The molecule has 0 unspecified atom stereocenters. The number of aromatic nitrogens is 4. The number of pyridine rings is 1. The highest BCUT2D eigenvalue weighted by atomic mass is 35.5. The molecule has 32 heavy (non-hydrogen) atoms. The van der Waals surface area contributed by atoms with Crippen LogP contribution in [0.15, 0.2) is 60.8 Å². The van der Waals surface area contributed by atoms with Crippen LogP contribution in [-0.4, -0.2) is 26.9 Å². The van der Waals surface area contributed by atoms with Gasteiger partial charge in [0, 0.05) is 29.2 Å². The highest BCUT2D eigenvalue weighted by Crippen LogP contribution is 2.40. The van der Waals surface area contributed by atoms with E-state index in [-0.39, 0.29) is 0 Å². The number of ether oxygens (including phenoxy) is 2. The maximum absolute atomic E-state index is 6.25. The van der Waals surface area contributed by atoms with Gasteiger partial charge in [0.2, 0.25) is 5.95 Å². The summed E-state index contributed by atoms with van der Waals surface area (Å²) in [6.45, 7) is 1.97. The third-order valence-corrected chi connectivity index (χ3v) is 5.51. The molecule has 8 heteroatoms. The predicted molar refractivity (Wildman–Crippen MR) is 124 cm³/mol. The molecule has 5 rings (SSSR count). The second-order valence-electron chi connectivity index (χ2n) is 7.65. The Kier molecular flexibility index (Phi) is 5.41. The maximum atomic E-state index is 6.25. The maximum Gasteiger partial charge on any atom is 0.322 e. The van der Waals surface area contributed by atoms with E-state index in [0.29, 0.717) is 28.8 Å². The monoisotopic (exact) mass is 447 g/mol. The summed E-state index contributed by atoms with van der Waals surface area (Å²) < 4.78 is 13.4. The van der Waals surface area contributed by atoms with Crippen molar-refractivity contribution in [3.05, 3.63) is 71.5 Å². The van der Waals surface area contributed by atoms with E-state index in [2.05, 4.69) is 20.4 Å². The lowest BCUT2D eigenvalue weighted by Crippen LogP contribution is -2.00. The molecular weight excluding hydrogens is 426 g/mol. The molecule has 2 aromatic heterocycles. The Bertz CT molecular complexity index is 1270. The van der Waals surface area contributed by atoms with Crippen LogP contribution >= 0.6 is 11.6 Å². The van der Waals surface area contributed by atoms with Crippen LogP contribution in [0.25, 0.3) is 11.1 Å². The predicted octanol–water partition coefficient (Wildman–Crippen LogP) is 6.18. The van der Waals surface area contributed by atoms with Crippen LogP contribution in [-0.2, 0) is 0 Å². The van der Waals surface area contributed by atoms with Gasteiger partial charge in [-0.2, -0.15) is 4.98 Å². The first-order valence-corrected chi connectivity index (χ1v) is 10.8. The number of nitrogens with one attached hydrogen (secondary N) is 1. The van der Waals surface area contributed by atoms with Crippen molar-refractivity contribution in [1.29, 1.82) is 0 Å². The molecule has 0 radical (unpaired) electrons. The third kappa shape index (κ3) is 4.24. The van der Waals surface area contributed by atoms with Gasteiger partial charge in [-0.1, -0.05) is 23.7 Å². The molecule has 0 aliphatic heterocycles. The minimum absolute atomic E-state index is 0.294. The fraction of sp³-hybridized carbons (Fsp3) is 0.208. The minimum atomic E-state index is 0.294. The standard InChI is InChI=1S/C24H22ClN5O2/c1-15-13-16(11-12-26-15)19-10-7-17(14-22(19)31-2)27-23-28-24(30(29-23)18-8-9-18)32-21-6-4-3-5-20(21)25/h3-7,10-14,18H,8-9H2,1-2H3,(H,27,29). The van der Waals surface area contributed by atoms with Gasteiger partial charge in [0.05, 0.1) is 18.2 Å². The summed E-state index contributed by atoms with van der Waals surface area (Å²) in [5.74, 6) is 1.75. The van der Waals surface area contributed by atoms with Crippen LogP contribution in [0.1, 0.15) is 24.6 Å². The Balaban J connectivity index is 1.42. The minimum Gasteiger partial charge on any atom is -0.496 e. The van der Waals surface area contributed by atoms with Gasteiger partial charge in [0.25, 0.3) is 0 Å². The van der Waals surface area contributed by atoms with E-state index in [9.17, 15) is 0 Å². The fourth-order valence-electron chi connectivity index (χ4n) is 3.46. The fourth-order valence-corrected chi connectivity index (χ4v) is 3.64. The average molecular weight is 448 g/mol. The zero-order valence-corrected chi connectivity index (χ0v) is 18.5. The van der Waals surface area contributed by atoms with Crippen LogP contribution in [0, 0.1) is 6.92 Å². The Morgan fingerprint density at radius 3 is 2.66 bits per heavy atom. The first kappa shape index (κ1) is 20.3. The van der Waals surface area contributed by atoms with Gasteiger partial charge in [-0.05, 0) is 61.7 Å². The summed E-state index contributed by atoms with van der Waals surface area (Å²) in [5.41, 5.74) is 3.80. The molecule has 1 aliphatic carbocycles. The molecule has 1 saturated carbocycles. The number of hydrogen-bond acceptors (Lipinski definition) is 6. The molecule has 0 atom stereocenters. The first-order chi connectivity index (χ1) is 15.6. The van der Waals surface area contributed by atoms with Crippen LogP contribution < -0.4 is 14.8 Å². The van der Waals surface area contributed by atoms with Crippen LogP contribution in [0.2, 0.25) is 5.02 Å². The normalized spacial score (nSPS) is 13.1. The molecule has 162 valence electrons. The smallest absolute Gasteiger partial charge is 0.322 e. The molecule has 7 nitrogen and oxygen atoms in total. The number of hydrogen-bond donors (Lipinski definition) is 1. The highest BCUT2D eigenvalue weighted by molar-refractivity contribution is 6.32. The molecule has 0 saturated heterocycles. The van der Waals surface area contributed by atoms with Crippen molar-refractivity contribution >= 4 is 23.2 Å². The molecule has 1 fully saturated rings. The molecular formula is C24H22ClN5O2. The molecule has 2 aromatic carbocycles. The lowest BCUT2D eigenvalue weighted by Gasteiger charge is -2.11. The van der Waals surface area contributed by atoms with Crippen molar-refractivity contribution in [3.8, 4) is 28.6 Å². The van der Waals surface area contributed by atoms with Gasteiger partial charge in [-0.15, -0.1) is 5.10 Å². The largest absolute Gasteiger partial charge is 0.496 e. The van der Waals surface area contributed by atoms with Crippen molar-refractivity contribution in [2.75, 3.05) is 12.4 Å². The SMILES string of the molecule is COc1cc(Nc2nc(Oc3ccccc3Cl)n(C3CC3)n2)ccc1-c1ccnc(C)c1. The topological polar surface area (TPSA) is 74.1 Å². The highest BCUT2D eigenvalue weighted by Gasteiger charge is 2.30. The van der Waals surface area contributed by atoms with Crippen LogP contribution in [0.3, 0.4) is 0 Å². The van der Waals surface area contributed by atoms with Gasteiger partial charge in [0.15, 0.2) is 0 Å². The first-order valence-electron chi connectivity index (χ1n) is 10.4. The van der Waals surface area contributed by atoms with E-state index in [1.165, 1.54) is 0 Å². The number of anilines is 2. The number of halogens is 1. The molecule has 1 aliphatic rings. The Morgan fingerprint density at radius 2 is 1.91 bits per heavy atom. The Morgan fingerprint density at radius 1 is 1.06 bits per heavy atom. The van der Waals surface area contributed by atoms with Gasteiger partial charge in [-0.3, -0.25) is 4.98 Å². The van der Waals surface area contributed by atoms with Crippen LogP contribution in [0.4, 0.5) is 11.6 Å². The van der Waals surface area contributed by atoms with E-state index in [1.54, 1.807) is 19.4 Å². The molecule has 2 heterocycles. The summed E-state index contributed by atoms with van der Waals surface area (Å²) in [4.78, 5) is 8.83. The number of nitrogens with zero attached hydrogens (tertiary/aromatic N) is 4. The van der Waals surface area contributed by atoms with Crippen LogP contribution in [0.5, 0.6) is 17.5 Å². The number of benzene rings is 2. The van der Waals surface area contributed by atoms with E-state index in [1.807, 2.05) is 60.1 Å².